The summed E-state index contributed by atoms with van der Waals surface area (Å²) in [5.74, 6) is -1.25. The molecule has 208 valence electrons. The Morgan fingerprint density at radius 3 is 2.26 bits per heavy atom. The lowest BCUT2D eigenvalue weighted by molar-refractivity contribution is -0.151. The highest BCUT2D eigenvalue weighted by molar-refractivity contribution is 5.98. The zero-order valence-corrected chi connectivity index (χ0v) is 23.3. The average Bonchev–Trinajstić information content (AvgIpc) is 2.87. The number of ether oxygens (including phenoxy) is 5. The second-order valence-electron chi connectivity index (χ2n) is 9.26. The molecule has 1 heterocycles. The van der Waals surface area contributed by atoms with Gasteiger partial charge in [-0.3, -0.25) is 9.59 Å². The Labute approximate surface area is 224 Å². The Hall–Kier alpha value is -3.66. The molecule has 0 saturated carbocycles. The quantitative estimate of drug-likeness (QED) is 0.385. The van der Waals surface area contributed by atoms with Gasteiger partial charge in [0.15, 0.2) is 11.4 Å². The van der Waals surface area contributed by atoms with Gasteiger partial charge in [0.2, 0.25) is 5.75 Å². The summed E-state index contributed by atoms with van der Waals surface area (Å²) in [6, 6.07) is 6.37. The summed E-state index contributed by atoms with van der Waals surface area (Å²) in [6.07, 6.45) is 0.803. The normalized spacial score (nSPS) is 13.3. The van der Waals surface area contributed by atoms with Crippen molar-refractivity contribution in [1.82, 2.24) is 10.3 Å². The van der Waals surface area contributed by atoms with Crippen LogP contribution in [0.4, 0.5) is 0 Å². The summed E-state index contributed by atoms with van der Waals surface area (Å²) < 4.78 is 26.8. The molecular formula is C28H38N2O8. The summed E-state index contributed by atoms with van der Waals surface area (Å²) in [5.41, 5.74) is 1.79. The molecule has 0 bridgehead atoms. The number of nitrogens with zero attached hydrogens (tertiary/aromatic N) is 1. The van der Waals surface area contributed by atoms with Crippen LogP contribution in [0.1, 0.15) is 61.6 Å². The van der Waals surface area contributed by atoms with Crippen molar-refractivity contribution in [3.63, 3.8) is 0 Å². The van der Waals surface area contributed by atoms with E-state index >= 15 is 0 Å². The molecule has 1 aromatic heterocycles. The van der Waals surface area contributed by atoms with Gasteiger partial charge < -0.3 is 29.0 Å². The second kappa shape index (κ2) is 14.3. The van der Waals surface area contributed by atoms with E-state index < -0.39 is 30.0 Å². The maximum Gasteiger partial charge on any atom is 0.328 e. The van der Waals surface area contributed by atoms with Gasteiger partial charge in [-0.05, 0) is 38.3 Å². The smallest absolute Gasteiger partial charge is 0.328 e. The lowest BCUT2D eigenvalue weighted by atomic mass is 9.83. The molecule has 0 fully saturated rings. The van der Waals surface area contributed by atoms with Crippen molar-refractivity contribution < 1.29 is 38.1 Å². The first kappa shape index (κ1) is 30.6. The number of nitrogens with one attached hydrogen (secondary N) is 1. The summed E-state index contributed by atoms with van der Waals surface area (Å²) in [6.45, 7) is 9.54. The number of carbonyl (C=O) groups is 3. The fraction of sp³-hybridized carbons (Fsp3) is 0.500. The van der Waals surface area contributed by atoms with Crippen LogP contribution in [0, 0.1) is 12.8 Å². The third-order valence-electron chi connectivity index (χ3n) is 6.00. The van der Waals surface area contributed by atoms with Crippen LogP contribution in [0.5, 0.6) is 17.2 Å². The molecule has 0 aliphatic carbocycles. The molecule has 1 aromatic carbocycles. The Morgan fingerprint density at radius 1 is 0.974 bits per heavy atom. The number of aryl methyl sites for hydroxylation is 1. The van der Waals surface area contributed by atoms with Crippen LogP contribution in [0.3, 0.4) is 0 Å². The molecule has 1 N–H and O–H groups in total. The van der Waals surface area contributed by atoms with Crippen LogP contribution in [-0.4, -0.2) is 62.9 Å². The van der Waals surface area contributed by atoms with Crippen molar-refractivity contribution in [2.75, 3.05) is 27.9 Å². The molecule has 2 rings (SSSR count). The number of hydrogen-bond donors (Lipinski definition) is 1. The van der Waals surface area contributed by atoms with Gasteiger partial charge in [0.25, 0.3) is 5.91 Å². The number of benzene rings is 1. The van der Waals surface area contributed by atoms with Crippen LogP contribution in [0.25, 0.3) is 0 Å². The Kier molecular flexibility index (Phi) is 11.5. The molecule has 38 heavy (non-hydrogen) atoms. The fourth-order valence-corrected chi connectivity index (χ4v) is 4.13. The number of pyridine rings is 1. The maximum atomic E-state index is 13.0. The van der Waals surface area contributed by atoms with Gasteiger partial charge >= 0.3 is 11.9 Å². The SMILES string of the molecule is COCCC(=O)Oc1c(OC)ccnc1C(=O)N[C@@H](C)C(=O)O[C@@H](C)[C@H](c1ccc(C)cc1OC)C(C)C. The number of amides is 1. The zero-order chi connectivity index (χ0) is 28.4. The fourth-order valence-electron chi connectivity index (χ4n) is 4.13. The minimum absolute atomic E-state index is 0.0288. The summed E-state index contributed by atoms with van der Waals surface area (Å²) in [7, 11) is 4.44. The van der Waals surface area contributed by atoms with E-state index in [1.54, 1.807) is 7.11 Å². The van der Waals surface area contributed by atoms with Crippen LogP contribution in [0.15, 0.2) is 30.5 Å². The standard InChI is InChI=1S/C28H38N2O8/c1-16(2)24(20-10-9-17(3)15-22(20)36-8)19(5)37-28(33)18(4)30-27(32)25-26(21(35-7)11-13-29-25)38-23(31)12-14-34-6/h9-11,13,15-16,18-19,24H,12,14H2,1-8H3,(H,30,32)/t18-,19-,24+/m0/s1. The predicted octanol–water partition coefficient (Wildman–Crippen LogP) is 3.84. The van der Waals surface area contributed by atoms with E-state index in [4.69, 9.17) is 23.7 Å². The number of hydrogen-bond acceptors (Lipinski definition) is 9. The summed E-state index contributed by atoms with van der Waals surface area (Å²) in [4.78, 5) is 42.2. The summed E-state index contributed by atoms with van der Waals surface area (Å²) >= 11 is 0. The maximum absolute atomic E-state index is 13.0. The number of methoxy groups -OCH3 is 3. The van der Waals surface area contributed by atoms with Gasteiger partial charge in [-0.25, -0.2) is 9.78 Å². The van der Waals surface area contributed by atoms with E-state index in [2.05, 4.69) is 10.3 Å². The monoisotopic (exact) mass is 530 g/mol. The van der Waals surface area contributed by atoms with Crippen molar-refractivity contribution in [3.8, 4) is 17.2 Å². The minimum atomic E-state index is -1.01. The predicted molar refractivity (Wildman–Crippen MR) is 141 cm³/mol. The molecule has 0 saturated heterocycles. The van der Waals surface area contributed by atoms with E-state index in [1.807, 2.05) is 45.9 Å². The largest absolute Gasteiger partial charge is 0.496 e. The summed E-state index contributed by atoms with van der Waals surface area (Å²) in [5, 5.41) is 2.58. The van der Waals surface area contributed by atoms with E-state index in [-0.39, 0.29) is 42.1 Å². The molecule has 0 aliphatic rings. The highest BCUT2D eigenvalue weighted by atomic mass is 16.6. The van der Waals surface area contributed by atoms with Crippen LogP contribution < -0.4 is 19.5 Å². The molecule has 0 spiro atoms. The molecule has 10 heteroatoms. The first-order chi connectivity index (χ1) is 18.0. The zero-order valence-electron chi connectivity index (χ0n) is 23.3. The van der Waals surface area contributed by atoms with Crippen molar-refractivity contribution in [3.05, 3.63) is 47.3 Å². The first-order valence-electron chi connectivity index (χ1n) is 12.4. The van der Waals surface area contributed by atoms with Crippen LogP contribution >= 0.6 is 0 Å². The van der Waals surface area contributed by atoms with E-state index in [0.717, 1.165) is 16.9 Å². The Balaban J connectivity index is 2.18. The van der Waals surface area contributed by atoms with E-state index in [0.29, 0.717) is 0 Å². The van der Waals surface area contributed by atoms with Gasteiger partial charge in [0.1, 0.15) is 17.9 Å². The number of rotatable bonds is 13. The minimum Gasteiger partial charge on any atom is -0.496 e. The average molecular weight is 531 g/mol. The molecule has 0 radical (unpaired) electrons. The lowest BCUT2D eigenvalue weighted by Gasteiger charge is -2.30. The topological polar surface area (TPSA) is 122 Å². The molecular weight excluding hydrogens is 492 g/mol. The number of esters is 2. The lowest BCUT2D eigenvalue weighted by Crippen LogP contribution is -2.42. The molecule has 2 aromatic rings. The van der Waals surface area contributed by atoms with Gasteiger partial charge in [-0.1, -0.05) is 26.0 Å². The van der Waals surface area contributed by atoms with E-state index in [9.17, 15) is 14.4 Å². The third kappa shape index (κ3) is 7.92. The van der Waals surface area contributed by atoms with Crippen LogP contribution in [-0.2, 0) is 19.1 Å². The van der Waals surface area contributed by atoms with Crippen molar-refractivity contribution in [2.45, 2.75) is 59.1 Å². The highest BCUT2D eigenvalue weighted by Gasteiger charge is 2.31. The Morgan fingerprint density at radius 2 is 1.66 bits per heavy atom. The van der Waals surface area contributed by atoms with E-state index in [1.165, 1.54) is 33.4 Å². The molecule has 10 nitrogen and oxygen atoms in total. The van der Waals surface area contributed by atoms with Crippen LogP contribution in [0.2, 0.25) is 0 Å². The van der Waals surface area contributed by atoms with Gasteiger partial charge in [0, 0.05) is 30.9 Å². The van der Waals surface area contributed by atoms with Crippen molar-refractivity contribution in [2.24, 2.45) is 5.92 Å². The van der Waals surface area contributed by atoms with Crippen molar-refractivity contribution >= 4 is 17.8 Å². The van der Waals surface area contributed by atoms with Gasteiger partial charge in [0.05, 0.1) is 27.2 Å². The molecule has 0 aliphatic heterocycles. The second-order valence-corrected chi connectivity index (χ2v) is 9.26. The molecule has 1 amide bonds. The Bertz CT molecular complexity index is 1120. The highest BCUT2D eigenvalue weighted by Crippen LogP contribution is 2.36. The number of aromatic nitrogens is 1. The van der Waals surface area contributed by atoms with Gasteiger partial charge in [-0.2, -0.15) is 0 Å². The third-order valence-corrected chi connectivity index (χ3v) is 6.00. The molecule has 0 unspecified atom stereocenters. The molecule has 3 atom stereocenters. The van der Waals surface area contributed by atoms with Gasteiger partial charge in [-0.15, -0.1) is 0 Å². The van der Waals surface area contributed by atoms with Crippen molar-refractivity contribution in [1.29, 1.82) is 0 Å². The number of carbonyl (C=O) groups excluding carboxylic acids is 3. The first-order valence-corrected chi connectivity index (χ1v) is 12.4.